The van der Waals surface area contributed by atoms with Gasteiger partial charge in [0, 0.05) is 33.3 Å². The van der Waals surface area contributed by atoms with Crippen LogP contribution in [0.3, 0.4) is 0 Å². The zero-order valence-corrected chi connectivity index (χ0v) is 19.0. The van der Waals surface area contributed by atoms with Crippen LogP contribution in [0.4, 0.5) is 0 Å². The quantitative estimate of drug-likeness (QED) is 0.165. The molecule has 4 aromatic carbocycles. The van der Waals surface area contributed by atoms with Gasteiger partial charge in [0.05, 0.1) is 10.9 Å². The number of ketones is 1. The molecular formula is C29H18ClNO3. The maximum absolute atomic E-state index is 13.2. The molecule has 0 aliphatic carbocycles. The third-order valence-electron chi connectivity index (χ3n) is 5.99. The van der Waals surface area contributed by atoms with Gasteiger partial charge in [-0.15, -0.1) is 0 Å². The number of nitrogens with zero attached hydrogens (tertiary/aromatic N) is 1. The molecular weight excluding hydrogens is 446 g/mol. The molecule has 0 amide bonds. The molecule has 0 aliphatic heterocycles. The Bertz CT molecular complexity index is 1670. The highest BCUT2D eigenvalue weighted by Gasteiger charge is 2.22. The number of benzene rings is 4. The molecule has 0 radical (unpaired) electrons. The predicted molar refractivity (Wildman–Crippen MR) is 134 cm³/mol. The number of Topliss-reactive ketones (excluding diaryl/α,β-unsaturated/α-hetero) is 1. The normalized spacial score (nSPS) is 11.0. The number of halogens is 1. The summed E-state index contributed by atoms with van der Waals surface area (Å²) in [4.78, 5) is 26.4. The van der Waals surface area contributed by atoms with Crippen LogP contribution in [0.1, 0.15) is 27.0 Å². The van der Waals surface area contributed by atoms with Crippen LogP contribution < -0.4 is 5.63 Å². The molecule has 5 rings (SSSR count). The van der Waals surface area contributed by atoms with Crippen molar-refractivity contribution in [2.75, 3.05) is 0 Å². The SMILES string of the molecule is Cc1ccc(-c2cc3c(c(CC(=O)c4ccc(Cl)cc4)c2C#N)c(=O)oc2ccccc23)cc1. The van der Waals surface area contributed by atoms with E-state index >= 15 is 0 Å². The number of para-hydroxylation sites is 1. The van der Waals surface area contributed by atoms with Gasteiger partial charge >= 0.3 is 5.63 Å². The predicted octanol–water partition coefficient (Wildman–Crippen LogP) is 6.87. The van der Waals surface area contributed by atoms with Crippen molar-refractivity contribution >= 4 is 39.1 Å². The molecule has 0 spiro atoms. The van der Waals surface area contributed by atoms with Crippen molar-refractivity contribution in [3.05, 3.63) is 117 Å². The van der Waals surface area contributed by atoms with E-state index in [0.717, 1.165) is 16.5 Å². The van der Waals surface area contributed by atoms with Crippen molar-refractivity contribution in [3.8, 4) is 17.2 Å². The Morgan fingerprint density at radius 2 is 1.68 bits per heavy atom. The lowest BCUT2D eigenvalue weighted by Crippen LogP contribution is -2.11. The van der Waals surface area contributed by atoms with Crippen molar-refractivity contribution in [2.45, 2.75) is 13.3 Å². The van der Waals surface area contributed by atoms with E-state index < -0.39 is 5.63 Å². The molecule has 0 fully saturated rings. The van der Waals surface area contributed by atoms with Crippen LogP contribution in [0.5, 0.6) is 0 Å². The third-order valence-corrected chi connectivity index (χ3v) is 6.24. The molecule has 5 aromatic rings. The number of rotatable bonds is 4. The number of aryl methyl sites for hydroxylation is 1. The number of hydrogen-bond acceptors (Lipinski definition) is 4. The Hall–Kier alpha value is -4.20. The van der Waals surface area contributed by atoms with Crippen LogP contribution in [0.25, 0.3) is 32.9 Å². The molecule has 0 saturated heterocycles. The second kappa shape index (κ2) is 8.62. The Morgan fingerprint density at radius 3 is 2.38 bits per heavy atom. The molecule has 0 bridgehead atoms. The van der Waals surface area contributed by atoms with Gasteiger partial charge < -0.3 is 4.42 Å². The van der Waals surface area contributed by atoms with Gasteiger partial charge in [-0.05, 0) is 54.4 Å². The Balaban J connectivity index is 1.84. The van der Waals surface area contributed by atoms with Crippen LogP contribution in [0.15, 0.2) is 88.1 Å². The van der Waals surface area contributed by atoms with Crippen LogP contribution in [-0.4, -0.2) is 5.78 Å². The number of carbonyl (C=O) groups is 1. The van der Waals surface area contributed by atoms with E-state index in [9.17, 15) is 14.9 Å². The first kappa shape index (κ1) is 21.6. The summed E-state index contributed by atoms with van der Waals surface area (Å²) in [6, 6.07) is 25.8. The number of hydrogen-bond donors (Lipinski definition) is 0. The first-order chi connectivity index (χ1) is 16.5. The second-order valence-corrected chi connectivity index (χ2v) is 8.61. The van der Waals surface area contributed by atoms with Gasteiger partial charge in [0.15, 0.2) is 5.78 Å². The minimum atomic E-state index is -0.570. The van der Waals surface area contributed by atoms with Crippen LogP contribution in [0.2, 0.25) is 5.02 Å². The average Bonchev–Trinajstić information content (AvgIpc) is 2.84. The maximum atomic E-state index is 13.2. The average molecular weight is 464 g/mol. The molecule has 0 aliphatic rings. The summed E-state index contributed by atoms with van der Waals surface area (Å²) in [6.45, 7) is 1.99. The molecule has 4 nitrogen and oxygen atoms in total. The first-order valence-corrected chi connectivity index (χ1v) is 11.1. The lowest BCUT2D eigenvalue weighted by molar-refractivity contribution is 0.0993. The van der Waals surface area contributed by atoms with E-state index in [1.54, 1.807) is 36.4 Å². The Kier molecular flexibility index (Phi) is 5.49. The minimum absolute atomic E-state index is 0.121. The van der Waals surface area contributed by atoms with Gasteiger partial charge in [-0.1, -0.05) is 59.6 Å². The van der Waals surface area contributed by atoms with Crippen molar-refractivity contribution in [1.82, 2.24) is 0 Å². The summed E-state index contributed by atoms with van der Waals surface area (Å²) in [7, 11) is 0. The molecule has 34 heavy (non-hydrogen) atoms. The summed E-state index contributed by atoms with van der Waals surface area (Å²) in [5.74, 6) is -0.219. The van der Waals surface area contributed by atoms with Gasteiger partial charge in [0.2, 0.25) is 0 Å². The monoisotopic (exact) mass is 463 g/mol. The summed E-state index contributed by atoms with van der Waals surface area (Å²) in [5.41, 5.74) is 3.59. The highest BCUT2D eigenvalue weighted by Crippen LogP contribution is 2.35. The summed E-state index contributed by atoms with van der Waals surface area (Å²) < 4.78 is 5.59. The van der Waals surface area contributed by atoms with Crippen molar-refractivity contribution < 1.29 is 9.21 Å². The largest absolute Gasteiger partial charge is 0.422 e. The fourth-order valence-corrected chi connectivity index (χ4v) is 4.40. The summed E-state index contributed by atoms with van der Waals surface area (Å²) in [6.07, 6.45) is -0.121. The molecule has 0 N–H and O–H groups in total. The fraction of sp³-hybridized carbons (Fsp3) is 0.0690. The number of carbonyl (C=O) groups excluding carboxylic acids is 1. The molecule has 0 atom stereocenters. The zero-order chi connectivity index (χ0) is 23.8. The van der Waals surface area contributed by atoms with Crippen molar-refractivity contribution in [3.63, 3.8) is 0 Å². The smallest absolute Gasteiger partial charge is 0.344 e. The molecule has 1 aromatic heterocycles. The molecule has 164 valence electrons. The topological polar surface area (TPSA) is 71.1 Å². The number of nitriles is 1. The van der Waals surface area contributed by atoms with E-state index in [2.05, 4.69) is 6.07 Å². The van der Waals surface area contributed by atoms with Gasteiger partial charge in [-0.2, -0.15) is 5.26 Å². The molecule has 0 saturated carbocycles. The molecule has 0 unspecified atom stereocenters. The Morgan fingerprint density at radius 1 is 0.971 bits per heavy atom. The second-order valence-electron chi connectivity index (χ2n) is 8.17. The lowest BCUT2D eigenvalue weighted by atomic mass is 9.87. The van der Waals surface area contributed by atoms with E-state index in [4.69, 9.17) is 16.0 Å². The molecule has 1 heterocycles. The highest BCUT2D eigenvalue weighted by atomic mass is 35.5. The third kappa shape index (κ3) is 3.77. The van der Waals surface area contributed by atoms with E-state index in [0.29, 0.717) is 38.2 Å². The van der Waals surface area contributed by atoms with Gasteiger partial charge in [-0.25, -0.2) is 4.79 Å². The van der Waals surface area contributed by atoms with Crippen LogP contribution in [0, 0.1) is 18.3 Å². The van der Waals surface area contributed by atoms with Gasteiger partial charge in [0.1, 0.15) is 11.7 Å². The highest BCUT2D eigenvalue weighted by molar-refractivity contribution is 6.30. The van der Waals surface area contributed by atoms with E-state index in [1.807, 2.05) is 49.4 Å². The molecule has 5 heteroatoms. The minimum Gasteiger partial charge on any atom is -0.422 e. The van der Waals surface area contributed by atoms with Gasteiger partial charge in [0.25, 0.3) is 0 Å². The van der Waals surface area contributed by atoms with E-state index in [1.165, 1.54) is 0 Å². The zero-order valence-electron chi connectivity index (χ0n) is 18.3. The first-order valence-electron chi connectivity index (χ1n) is 10.7. The lowest BCUT2D eigenvalue weighted by Gasteiger charge is -2.15. The van der Waals surface area contributed by atoms with Gasteiger partial charge in [-0.3, -0.25) is 4.79 Å². The van der Waals surface area contributed by atoms with Crippen molar-refractivity contribution in [1.29, 1.82) is 5.26 Å². The summed E-state index contributed by atoms with van der Waals surface area (Å²) in [5, 5.41) is 12.4. The maximum Gasteiger partial charge on any atom is 0.344 e. The van der Waals surface area contributed by atoms with Crippen LogP contribution >= 0.6 is 11.6 Å². The standard InChI is InChI=1S/C29H18ClNO3/c1-17-6-8-18(9-7-17)22-14-23-21-4-2-3-5-27(21)34-29(33)28(23)24(25(22)16-31)15-26(32)19-10-12-20(30)13-11-19/h2-14H,15H2,1H3. The number of fused-ring (bicyclic) bond motifs is 3. The summed E-state index contributed by atoms with van der Waals surface area (Å²) >= 11 is 5.97. The fourth-order valence-electron chi connectivity index (χ4n) is 4.28. The Labute approximate surface area is 200 Å². The van der Waals surface area contributed by atoms with Crippen molar-refractivity contribution in [2.24, 2.45) is 0 Å². The van der Waals surface area contributed by atoms with Crippen LogP contribution in [-0.2, 0) is 6.42 Å². The van der Waals surface area contributed by atoms with E-state index in [-0.39, 0.29) is 17.6 Å².